The Labute approximate surface area is 257 Å². The predicted molar refractivity (Wildman–Crippen MR) is 162 cm³/mol. The third-order valence-corrected chi connectivity index (χ3v) is 7.64. The lowest BCUT2D eigenvalue weighted by Gasteiger charge is -2.42. The van der Waals surface area contributed by atoms with Gasteiger partial charge in [0.2, 0.25) is 11.9 Å². The van der Waals surface area contributed by atoms with Crippen molar-refractivity contribution >= 4 is 58.2 Å². The standard InChI is InChI=1S/C28H27Cl3N8O3/c1-42-21-5-2-18(3-6-21)15-33-26(40)13-20-16-37(28(41)34-19-4-7-22(29)23(30)12-19)10-11-39(20)25-14-24(31)35-27(36-25)38-9-8-32-17-38/h2-9,12,14,17,20H,10-11,13,15-16H2,1H3,(H,33,40)(H,34,41). The van der Waals surface area contributed by atoms with Crippen molar-refractivity contribution in [2.24, 2.45) is 0 Å². The molecular formula is C28H27Cl3N8O3. The average Bonchev–Trinajstić information content (AvgIpc) is 3.53. The summed E-state index contributed by atoms with van der Waals surface area (Å²) in [5.74, 6) is 1.44. The highest BCUT2D eigenvalue weighted by molar-refractivity contribution is 6.42. The first-order valence-corrected chi connectivity index (χ1v) is 14.1. The molecule has 0 saturated carbocycles. The van der Waals surface area contributed by atoms with Gasteiger partial charge in [0.15, 0.2) is 0 Å². The molecule has 1 unspecified atom stereocenters. The Morgan fingerprint density at radius 1 is 1.02 bits per heavy atom. The van der Waals surface area contributed by atoms with Crippen molar-refractivity contribution in [2.45, 2.75) is 19.0 Å². The lowest BCUT2D eigenvalue weighted by molar-refractivity contribution is -0.121. The van der Waals surface area contributed by atoms with E-state index in [1.54, 1.807) is 59.6 Å². The molecule has 1 fully saturated rings. The van der Waals surface area contributed by atoms with Gasteiger partial charge in [0, 0.05) is 56.7 Å². The topological polar surface area (TPSA) is 118 Å². The van der Waals surface area contributed by atoms with E-state index in [1.165, 1.54) is 0 Å². The van der Waals surface area contributed by atoms with E-state index in [0.29, 0.717) is 47.1 Å². The van der Waals surface area contributed by atoms with Gasteiger partial charge in [0.25, 0.3) is 0 Å². The number of methoxy groups -OCH3 is 1. The van der Waals surface area contributed by atoms with Crippen LogP contribution in [0.25, 0.3) is 5.95 Å². The van der Waals surface area contributed by atoms with E-state index in [1.807, 2.05) is 29.2 Å². The molecule has 3 amide bonds. The summed E-state index contributed by atoms with van der Waals surface area (Å²) in [4.78, 5) is 43.1. The van der Waals surface area contributed by atoms with Gasteiger partial charge in [-0.15, -0.1) is 0 Å². The number of amides is 3. The van der Waals surface area contributed by atoms with Crippen molar-refractivity contribution in [3.63, 3.8) is 0 Å². The van der Waals surface area contributed by atoms with Gasteiger partial charge >= 0.3 is 6.03 Å². The average molecular weight is 630 g/mol. The Morgan fingerprint density at radius 2 is 1.83 bits per heavy atom. The number of hydrogen-bond acceptors (Lipinski definition) is 7. The molecule has 4 aromatic rings. The van der Waals surface area contributed by atoms with E-state index in [4.69, 9.17) is 39.5 Å². The number of aromatic nitrogens is 4. The molecule has 5 rings (SSSR count). The molecule has 3 heterocycles. The van der Waals surface area contributed by atoms with Crippen LogP contribution in [0.2, 0.25) is 15.2 Å². The van der Waals surface area contributed by atoms with Gasteiger partial charge in [-0.1, -0.05) is 46.9 Å². The van der Waals surface area contributed by atoms with Gasteiger partial charge < -0.3 is 25.2 Å². The molecule has 42 heavy (non-hydrogen) atoms. The van der Waals surface area contributed by atoms with E-state index in [9.17, 15) is 9.59 Å². The minimum Gasteiger partial charge on any atom is -0.497 e. The van der Waals surface area contributed by atoms with Crippen LogP contribution >= 0.6 is 34.8 Å². The Morgan fingerprint density at radius 3 is 2.55 bits per heavy atom. The molecule has 2 aromatic carbocycles. The zero-order valence-electron chi connectivity index (χ0n) is 22.5. The van der Waals surface area contributed by atoms with Crippen LogP contribution in [0.15, 0.2) is 67.3 Å². The maximum atomic E-state index is 13.2. The van der Waals surface area contributed by atoms with Crippen LogP contribution in [0.5, 0.6) is 5.75 Å². The van der Waals surface area contributed by atoms with Gasteiger partial charge in [0.05, 0.1) is 23.2 Å². The number of carbonyl (C=O) groups excluding carboxylic acids is 2. The maximum Gasteiger partial charge on any atom is 0.321 e. The zero-order chi connectivity index (χ0) is 29.6. The molecule has 218 valence electrons. The number of anilines is 2. The number of hydrogen-bond donors (Lipinski definition) is 2. The minimum atomic E-state index is -0.407. The van der Waals surface area contributed by atoms with Crippen LogP contribution in [-0.2, 0) is 11.3 Å². The van der Waals surface area contributed by atoms with E-state index in [2.05, 4.69) is 25.6 Å². The normalized spacial score (nSPS) is 14.9. The van der Waals surface area contributed by atoms with Crippen LogP contribution in [-0.4, -0.2) is 69.1 Å². The van der Waals surface area contributed by atoms with E-state index in [-0.39, 0.29) is 30.1 Å². The smallest absolute Gasteiger partial charge is 0.321 e. The molecule has 2 N–H and O–H groups in total. The number of urea groups is 1. The fourth-order valence-corrected chi connectivity index (χ4v) is 5.03. The number of nitrogens with one attached hydrogen (secondary N) is 2. The number of halogens is 3. The number of piperazine rings is 1. The highest BCUT2D eigenvalue weighted by atomic mass is 35.5. The van der Waals surface area contributed by atoms with Gasteiger partial charge in [-0.25, -0.2) is 14.8 Å². The van der Waals surface area contributed by atoms with Crippen molar-refractivity contribution in [2.75, 3.05) is 37.0 Å². The second kappa shape index (κ2) is 13.3. The van der Waals surface area contributed by atoms with Crippen LogP contribution in [0.1, 0.15) is 12.0 Å². The first-order chi connectivity index (χ1) is 20.3. The third-order valence-electron chi connectivity index (χ3n) is 6.71. The molecule has 2 aromatic heterocycles. The highest BCUT2D eigenvalue weighted by Crippen LogP contribution is 2.27. The Bertz CT molecular complexity index is 1550. The summed E-state index contributed by atoms with van der Waals surface area (Å²) in [6, 6.07) is 13.3. The summed E-state index contributed by atoms with van der Waals surface area (Å²) in [7, 11) is 1.60. The fraction of sp³-hybridized carbons (Fsp3) is 0.250. The first-order valence-electron chi connectivity index (χ1n) is 13.0. The molecule has 1 atom stereocenters. The van der Waals surface area contributed by atoms with Crippen molar-refractivity contribution in [1.29, 1.82) is 0 Å². The first kappa shape index (κ1) is 29.4. The Kier molecular flexibility index (Phi) is 9.31. The zero-order valence-corrected chi connectivity index (χ0v) is 24.8. The molecule has 11 nitrogen and oxygen atoms in total. The maximum absolute atomic E-state index is 13.2. The number of benzene rings is 2. The lowest BCUT2D eigenvalue weighted by atomic mass is 10.1. The molecular weight excluding hydrogens is 603 g/mol. The monoisotopic (exact) mass is 628 g/mol. The summed E-state index contributed by atoms with van der Waals surface area (Å²) in [5, 5.41) is 6.80. The van der Waals surface area contributed by atoms with Crippen molar-refractivity contribution in [3.8, 4) is 11.7 Å². The van der Waals surface area contributed by atoms with E-state index < -0.39 is 6.04 Å². The van der Waals surface area contributed by atoms with Gasteiger partial charge in [0.1, 0.15) is 23.0 Å². The molecule has 1 aliphatic heterocycles. The van der Waals surface area contributed by atoms with Crippen LogP contribution in [0, 0.1) is 0 Å². The van der Waals surface area contributed by atoms with Crippen LogP contribution < -0.4 is 20.3 Å². The van der Waals surface area contributed by atoms with Crippen molar-refractivity contribution in [1.82, 2.24) is 29.7 Å². The lowest BCUT2D eigenvalue weighted by Crippen LogP contribution is -2.57. The van der Waals surface area contributed by atoms with Crippen LogP contribution in [0.3, 0.4) is 0 Å². The van der Waals surface area contributed by atoms with Crippen LogP contribution in [0.4, 0.5) is 16.3 Å². The Hall–Kier alpha value is -4.06. The summed E-state index contributed by atoms with van der Waals surface area (Å²) in [6.45, 7) is 1.38. The third kappa shape index (κ3) is 7.22. The summed E-state index contributed by atoms with van der Waals surface area (Å²) in [5.41, 5.74) is 1.44. The Balaban J connectivity index is 1.34. The van der Waals surface area contributed by atoms with Gasteiger partial charge in [-0.3, -0.25) is 9.36 Å². The molecule has 0 spiro atoms. The molecule has 0 bridgehead atoms. The number of imidazole rings is 1. The minimum absolute atomic E-state index is 0.106. The molecule has 1 saturated heterocycles. The molecule has 0 aliphatic carbocycles. The predicted octanol–water partition coefficient (Wildman–Crippen LogP) is 5.06. The second-order valence-electron chi connectivity index (χ2n) is 9.50. The second-order valence-corrected chi connectivity index (χ2v) is 10.7. The van der Waals surface area contributed by atoms with Crippen molar-refractivity contribution in [3.05, 3.63) is 88.0 Å². The fourth-order valence-electron chi connectivity index (χ4n) is 4.56. The number of rotatable bonds is 8. The molecule has 0 radical (unpaired) electrons. The van der Waals surface area contributed by atoms with Crippen molar-refractivity contribution < 1.29 is 14.3 Å². The van der Waals surface area contributed by atoms with Gasteiger partial charge in [-0.2, -0.15) is 4.98 Å². The molecule has 14 heteroatoms. The number of nitrogens with zero attached hydrogens (tertiary/aromatic N) is 6. The number of carbonyl (C=O) groups is 2. The van der Waals surface area contributed by atoms with Gasteiger partial charge in [-0.05, 0) is 35.9 Å². The molecule has 1 aliphatic rings. The SMILES string of the molecule is COc1ccc(CNC(=O)CC2CN(C(=O)Nc3ccc(Cl)c(Cl)c3)CCN2c2cc(Cl)nc(-n3ccnc3)n2)cc1. The highest BCUT2D eigenvalue weighted by Gasteiger charge is 2.32. The largest absolute Gasteiger partial charge is 0.497 e. The van der Waals surface area contributed by atoms with E-state index >= 15 is 0 Å². The summed E-state index contributed by atoms with van der Waals surface area (Å²) in [6.07, 6.45) is 5.01. The number of ether oxygens (including phenoxy) is 1. The summed E-state index contributed by atoms with van der Waals surface area (Å²) < 4.78 is 6.85. The summed E-state index contributed by atoms with van der Waals surface area (Å²) >= 11 is 18.5. The van der Waals surface area contributed by atoms with E-state index in [0.717, 1.165) is 11.3 Å². The quantitative estimate of drug-likeness (QED) is 0.262.